The van der Waals surface area contributed by atoms with Crippen LogP contribution in [0.1, 0.15) is 51.5 Å². The molecular formula is C18H27FN2. The Morgan fingerprint density at radius 1 is 1.29 bits per heavy atom. The fourth-order valence-electron chi connectivity index (χ4n) is 3.11. The highest BCUT2D eigenvalue weighted by molar-refractivity contribution is 5.49. The summed E-state index contributed by atoms with van der Waals surface area (Å²) in [4.78, 5) is 2.21. The number of nitrogens with one attached hydrogen (secondary N) is 1. The Hall–Kier alpha value is -1.09. The van der Waals surface area contributed by atoms with E-state index in [1.807, 2.05) is 6.07 Å². The second-order valence-corrected chi connectivity index (χ2v) is 7.09. The van der Waals surface area contributed by atoms with E-state index in [0.717, 1.165) is 43.7 Å². The van der Waals surface area contributed by atoms with E-state index in [4.69, 9.17) is 0 Å². The number of halogens is 1. The summed E-state index contributed by atoms with van der Waals surface area (Å²) in [5.74, 6) is -0.0646. The Balaban J connectivity index is 1.62. The van der Waals surface area contributed by atoms with Gasteiger partial charge in [-0.2, -0.15) is 0 Å². The number of nitrogens with zero attached hydrogens (tertiary/aromatic N) is 1. The van der Waals surface area contributed by atoms with Crippen molar-refractivity contribution in [2.45, 2.75) is 58.5 Å². The van der Waals surface area contributed by atoms with Crippen LogP contribution in [0, 0.1) is 11.2 Å². The number of benzene rings is 1. The maximum atomic E-state index is 14.4. The van der Waals surface area contributed by atoms with Gasteiger partial charge in [-0.1, -0.05) is 26.3 Å². The predicted molar refractivity (Wildman–Crippen MR) is 86.1 cm³/mol. The van der Waals surface area contributed by atoms with Gasteiger partial charge in [0.25, 0.3) is 0 Å². The predicted octanol–water partition coefficient (Wildman–Crippen LogP) is 4.09. The lowest BCUT2D eigenvalue weighted by atomic mass is 9.78. The van der Waals surface area contributed by atoms with Gasteiger partial charge in [-0.15, -0.1) is 0 Å². The van der Waals surface area contributed by atoms with Crippen LogP contribution in [0.25, 0.3) is 0 Å². The van der Waals surface area contributed by atoms with Crippen molar-refractivity contribution in [1.29, 1.82) is 0 Å². The Bertz CT molecular complexity index is 488. The Kier molecular flexibility index (Phi) is 4.21. The molecule has 1 aliphatic heterocycles. The van der Waals surface area contributed by atoms with Crippen LogP contribution in [0.5, 0.6) is 0 Å². The van der Waals surface area contributed by atoms with E-state index in [-0.39, 0.29) is 5.82 Å². The normalized spacial score (nSPS) is 21.6. The van der Waals surface area contributed by atoms with E-state index in [1.54, 1.807) is 6.07 Å². The van der Waals surface area contributed by atoms with E-state index in [9.17, 15) is 4.39 Å². The summed E-state index contributed by atoms with van der Waals surface area (Å²) >= 11 is 0. The van der Waals surface area contributed by atoms with Gasteiger partial charge >= 0.3 is 0 Å². The number of anilines is 1. The molecule has 3 heteroatoms. The summed E-state index contributed by atoms with van der Waals surface area (Å²) in [7, 11) is 0. The van der Waals surface area contributed by atoms with Crippen LogP contribution in [-0.2, 0) is 6.54 Å². The molecule has 0 atom stereocenters. The van der Waals surface area contributed by atoms with Crippen LogP contribution >= 0.6 is 0 Å². The van der Waals surface area contributed by atoms with E-state index < -0.39 is 0 Å². The van der Waals surface area contributed by atoms with Crippen molar-refractivity contribution >= 4 is 5.69 Å². The van der Waals surface area contributed by atoms with E-state index >= 15 is 0 Å². The fraction of sp³-hybridized carbons (Fsp3) is 0.667. The zero-order valence-corrected chi connectivity index (χ0v) is 13.3. The van der Waals surface area contributed by atoms with Gasteiger partial charge in [-0.3, -0.25) is 0 Å². The second kappa shape index (κ2) is 5.96. The van der Waals surface area contributed by atoms with Crippen molar-refractivity contribution in [3.63, 3.8) is 0 Å². The van der Waals surface area contributed by atoms with Crippen molar-refractivity contribution in [2.75, 3.05) is 18.0 Å². The maximum Gasteiger partial charge on any atom is 0.146 e. The molecule has 2 nitrogen and oxygen atoms in total. The molecule has 1 saturated carbocycles. The maximum absolute atomic E-state index is 14.4. The highest BCUT2D eigenvalue weighted by Gasteiger charge is 2.29. The van der Waals surface area contributed by atoms with Gasteiger partial charge < -0.3 is 10.2 Å². The monoisotopic (exact) mass is 290 g/mol. The van der Waals surface area contributed by atoms with Crippen molar-refractivity contribution in [1.82, 2.24) is 5.32 Å². The van der Waals surface area contributed by atoms with E-state index in [2.05, 4.69) is 30.1 Å². The van der Waals surface area contributed by atoms with Crippen molar-refractivity contribution < 1.29 is 4.39 Å². The van der Waals surface area contributed by atoms with Gasteiger partial charge in [0.15, 0.2) is 0 Å². The quantitative estimate of drug-likeness (QED) is 0.878. The van der Waals surface area contributed by atoms with Crippen LogP contribution in [0.2, 0.25) is 0 Å². The molecule has 0 bridgehead atoms. The minimum absolute atomic E-state index is 0.0646. The number of hydrogen-bond donors (Lipinski definition) is 1. The molecule has 2 fully saturated rings. The molecule has 0 radical (unpaired) electrons. The third-order valence-electron chi connectivity index (χ3n) is 5.35. The minimum atomic E-state index is -0.0646. The highest BCUT2D eigenvalue weighted by atomic mass is 19.1. The van der Waals surface area contributed by atoms with Gasteiger partial charge in [-0.05, 0) is 48.8 Å². The van der Waals surface area contributed by atoms with Crippen LogP contribution in [0.15, 0.2) is 18.2 Å². The summed E-state index contributed by atoms with van der Waals surface area (Å²) < 4.78 is 14.4. The van der Waals surface area contributed by atoms with Crippen LogP contribution in [0.3, 0.4) is 0 Å². The van der Waals surface area contributed by atoms with Gasteiger partial charge in [0.05, 0.1) is 5.69 Å². The largest absolute Gasteiger partial charge is 0.369 e. The van der Waals surface area contributed by atoms with Crippen LogP contribution in [0.4, 0.5) is 10.1 Å². The lowest BCUT2D eigenvalue weighted by Gasteiger charge is -2.40. The average molecular weight is 290 g/mol. The van der Waals surface area contributed by atoms with Crippen LogP contribution in [-0.4, -0.2) is 19.1 Å². The molecule has 0 spiro atoms. The molecule has 1 aliphatic carbocycles. The summed E-state index contributed by atoms with van der Waals surface area (Å²) in [6, 6.07) is 6.41. The van der Waals surface area contributed by atoms with Crippen LogP contribution < -0.4 is 10.2 Å². The summed E-state index contributed by atoms with van der Waals surface area (Å²) in [6.07, 6.45) is 6.08. The molecule has 1 aromatic carbocycles. The number of hydrogen-bond acceptors (Lipinski definition) is 2. The van der Waals surface area contributed by atoms with Gasteiger partial charge in [0.1, 0.15) is 5.82 Å². The highest BCUT2D eigenvalue weighted by Crippen LogP contribution is 2.36. The van der Waals surface area contributed by atoms with Crippen molar-refractivity contribution in [3.05, 3.63) is 29.6 Å². The molecule has 0 aromatic heterocycles. The van der Waals surface area contributed by atoms with Gasteiger partial charge in [0, 0.05) is 25.7 Å². The molecular weight excluding hydrogens is 263 g/mol. The standard InChI is InChI=1S/C18H27FN2/c1-3-18(2)8-10-21(11-9-18)17-7-4-14(12-16(17)19)13-20-15-5-6-15/h4,7,12,15,20H,3,5-6,8-11,13H2,1-2H3. The third-order valence-corrected chi connectivity index (χ3v) is 5.35. The number of piperidine rings is 1. The molecule has 1 aromatic rings. The molecule has 0 unspecified atom stereocenters. The molecule has 116 valence electrons. The van der Waals surface area contributed by atoms with Crippen molar-refractivity contribution in [2.24, 2.45) is 5.41 Å². The first-order chi connectivity index (χ1) is 10.1. The SMILES string of the molecule is CCC1(C)CCN(c2ccc(CNC3CC3)cc2F)CC1. The van der Waals surface area contributed by atoms with Gasteiger partial charge in [0.2, 0.25) is 0 Å². The minimum Gasteiger partial charge on any atom is -0.369 e. The third kappa shape index (κ3) is 3.57. The number of rotatable bonds is 5. The first-order valence-electron chi connectivity index (χ1n) is 8.36. The second-order valence-electron chi connectivity index (χ2n) is 7.09. The molecule has 0 amide bonds. The topological polar surface area (TPSA) is 15.3 Å². The lowest BCUT2D eigenvalue weighted by molar-refractivity contribution is 0.237. The zero-order valence-electron chi connectivity index (χ0n) is 13.3. The summed E-state index contributed by atoms with van der Waals surface area (Å²) in [6.45, 7) is 7.35. The molecule has 1 heterocycles. The smallest absolute Gasteiger partial charge is 0.146 e. The Morgan fingerprint density at radius 2 is 2.00 bits per heavy atom. The molecule has 2 aliphatic rings. The summed E-state index contributed by atoms with van der Waals surface area (Å²) in [5, 5.41) is 3.44. The zero-order chi connectivity index (χ0) is 14.9. The molecule has 1 N–H and O–H groups in total. The molecule has 3 rings (SSSR count). The summed E-state index contributed by atoms with van der Waals surface area (Å²) in [5.41, 5.74) is 2.28. The molecule has 21 heavy (non-hydrogen) atoms. The Morgan fingerprint density at radius 3 is 2.57 bits per heavy atom. The lowest BCUT2D eigenvalue weighted by Crippen LogP contribution is -2.38. The molecule has 1 saturated heterocycles. The van der Waals surface area contributed by atoms with Crippen molar-refractivity contribution in [3.8, 4) is 0 Å². The average Bonchev–Trinajstić information content (AvgIpc) is 3.31. The first kappa shape index (κ1) is 14.8. The van der Waals surface area contributed by atoms with E-state index in [1.165, 1.54) is 19.3 Å². The Labute approximate surface area is 127 Å². The fourth-order valence-corrected chi connectivity index (χ4v) is 3.11. The first-order valence-corrected chi connectivity index (χ1v) is 8.36. The van der Waals surface area contributed by atoms with Gasteiger partial charge in [-0.25, -0.2) is 4.39 Å². The van der Waals surface area contributed by atoms with E-state index in [0.29, 0.717) is 11.5 Å².